The Kier molecular flexibility index (Phi) is 8.83. The van der Waals surface area contributed by atoms with Crippen LogP contribution in [0.3, 0.4) is 0 Å². The summed E-state index contributed by atoms with van der Waals surface area (Å²) in [4.78, 5) is 22.5. The SMILES string of the molecule is CCOCCCNC(=NC)NCc1cccnc1N1CCCC(C(N)=O)C1. The van der Waals surface area contributed by atoms with E-state index in [2.05, 4.69) is 25.5 Å². The molecule has 2 rings (SSSR count). The van der Waals surface area contributed by atoms with Gasteiger partial charge in [-0.15, -0.1) is 0 Å². The maximum atomic E-state index is 11.6. The fourth-order valence-corrected chi connectivity index (χ4v) is 3.18. The van der Waals surface area contributed by atoms with Crippen LogP contribution in [0, 0.1) is 5.92 Å². The number of hydrogen-bond donors (Lipinski definition) is 3. The summed E-state index contributed by atoms with van der Waals surface area (Å²) in [6.07, 6.45) is 4.51. The molecule has 0 aromatic carbocycles. The largest absolute Gasteiger partial charge is 0.382 e. The minimum Gasteiger partial charge on any atom is -0.382 e. The van der Waals surface area contributed by atoms with Gasteiger partial charge < -0.3 is 26.0 Å². The Bertz CT molecular complexity index is 622. The molecule has 1 fully saturated rings. The van der Waals surface area contributed by atoms with E-state index in [9.17, 15) is 4.79 Å². The number of carbonyl (C=O) groups is 1. The predicted molar refractivity (Wildman–Crippen MR) is 108 cm³/mol. The Hall–Kier alpha value is -2.35. The first-order valence-electron chi connectivity index (χ1n) is 9.66. The van der Waals surface area contributed by atoms with Gasteiger partial charge >= 0.3 is 0 Å². The number of amides is 1. The predicted octanol–water partition coefficient (Wildman–Crippen LogP) is 0.875. The maximum Gasteiger partial charge on any atom is 0.222 e. The van der Waals surface area contributed by atoms with Crippen LogP contribution in [0.4, 0.5) is 5.82 Å². The molecule has 0 aliphatic carbocycles. The lowest BCUT2D eigenvalue weighted by Crippen LogP contribution is -2.42. The lowest BCUT2D eigenvalue weighted by Gasteiger charge is -2.33. The molecule has 1 amide bonds. The standard InChI is InChI=1S/C19H32N6O2/c1-3-27-12-6-10-23-19(21-2)24-13-15-7-4-9-22-18(15)25-11-5-8-16(14-25)17(20)26/h4,7,9,16H,3,5-6,8,10-14H2,1-2H3,(H2,20,26)(H2,21,23,24). The normalized spacial score (nSPS) is 17.6. The maximum absolute atomic E-state index is 11.6. The molecular formula is C19H32N6O2. The Morgan fingerprint density at radius 2 is 2.33 bits per heavy atom. The monoisotopic (exact) mass is 376 g/mol. The van der Waals surface area contributed by atoms with Crippen LogP contribution in [0.1, 0.15) is 31.7 Å². The van der Waals surface area contributed by atoms with E-state index in [0.29, 0.717) is 13.1 Å². The van der Waals surface area contributed by atoms with Gasteiger partial charge in [-0.3, -0.25) is 9.79 Å². The molecule has 1 atom stereocenters. The summed E-state index contributed by atoms with van der Waals surface area (Å²) in [6.45, 7) is 6.39. The third kappa shape index (κ3) is 6.71. The molecule has 0 spiro atoms. The van der Waals surface area contributed by atoms with Gasteiger partial charge in [-0.05, 0) is 32.3 Å². The van der Waals surface area contributed by atoms with Crippen molar-refractivity contribution in [2.24, 2.45) is 16.6 Å². The quantitative estimate of drug-likeness (QED) is 0.336. The van der Waals surface area contributed by atoms with Crippen LogP contribution in [-0.2, 0) is 16.1 Å². The first kappa shape index (κ1) is 21.0. The molecule has 1 saturated heterocycles. The molecule has 150 valence electrons. The van der Waals surface area contributed by atoms with Gasteiger partial charge in [0, 0.05) is 58.2 Å². The Labute approximate surface area is 161 Å². The van der Waals surface area contributed by atoms with Gasteiger partial charge in [-0.1, -0.05) is 6.07 Å². The number of carbonyl (C=O) groups excluding carboxylic acids is 1. The zero-order valence-corrected chi connectivity index (χ0v) is 16.4. The number of anilines is 1. The zero-order valence-electron chi connectivity index (χ0n) is 16.4. The topological polar surface area (TPSA) is 105 Å². The van der Waals surface area contributed by atoms with Crippen LogP contribution in [0.5, 0.6) is 0 Å². The summed E-state index contributed by atoms with van der Waals surface area (Å²) in [5, 5.41) is 6.61. The number of aromatic nitrogens is 1. The van der Waals surface area contributed by atoms with Crippen molar-refractivity contribution < 1.29 is 9.53 Å². The number of hydrogen-bond acceptors (Lipinski definition) is 5. The van der Waals surface area contributed by atoms with E-state index in [0.717, 1.165) is 62.9 Å². The van der Waals surface area contributed by atoms with Gasteiger partial charge in [0.25, 0.3) is 0 Å². The third-order valence-corrected chi connectivity index (χ3v) is 4.62. The second-order valence-electron chi connectivity index (χ2n) is 6.58. The number of guanidine groups is 1. The highest BCUT2D eigenvalue weighted by atomic mass is 16.5. The Morgan fingerprint density at radius 3 is 3.07 bits per heavy atom. The van der Waals surface area contributed by atoms with Crippen molar-refractivity contribution in [3.8, 4) is 0 Å². The molecule has 8 heteroatoms. The smallest absolute Gasteiger partial charge is 0.222 e. The van der Waals surface area contributed by atoms with Gasteiger partial charge in [0.05, 0.1) is 5.92 Å². The van der Waals surface area contributed by atoms with Gasteiger partial charge in [0.2, 0.25) is 5.91 Å². The lowest BCUT2D eigenvalue weighted by atomic mass is 9.97. The highest BCUT2D eigenvalue weighted by Crippen LogP contribution is 2.24. The summed E-state index contributed by atoms with van der Waals surface area (Å²) in [5.41, 5.74) is 6.58. The van der Waals surface area contributed by atoms with Crippen LogP contribution in [0.2, 0.25) is 0 Å². The highest BCUT2D eigenvalue weighted by Gasteiger charge is 2.25. The van der Waals surface area contributed by atoms with Crippen LogP contribution in [-0.4, -0.2) is 56.7 Å². The first-order chi connectivity index (χ1) is 13.2. The zero-order chi connectivity index (χ0) is 19.5. The van der Waals surface area contributed by atoms with E-state index in [1.54, 1.807) is 13.2 Å². The summed E-state index contributed by atoms with van der Waals surface area (Å²) < 4.78 is 5.34. The Morgan fingerprint density at radius 1 is 1.48 bits per heavy atom. The van der Waals surface area contributed by atoms with Crippen molar-refractivity contribution >= 4 is 17.7 Å². The van der Waals surface area contributed by atoms with Gasteiger partial charge in [0.15, 0.2) is 5.96 Å². The minimum atomic E-state index is -0.230. The molecular weight excluding hydrogens is 344 g/mol. The second kappa shape index (κ2) is 11.4. The second-order valence-corrected chi connectivity index (χ2v) is 6.58. The fraction of sp³-hybridized carbons (Fsp3) is 0.632. The van der Waals surface area contributed by atoms with Crippen LogP contribution in [0.15, 0.2) is 23.3 Å². The number of piperidine rings is 1. The molecule has 0 radical (unpaired) electrons. The van der Waals surface area contributed by atoms with Gasteiger partial charge in [-0.25, -0.2) is 4.98 Å². The van der Waals surface area contributed by atoms with Crippen molar-refractivity contribution in [3.63, 3.8) is 0 Å². The summed E-state index contributed by atoms with van der Waals surface area (Å²) in [5.74, 6) is 1.31. The molecule has 1 aliphatic rings. The van der Waals surface area contributed by atoms with Crippen molar-refractivity contribution in [1.29, 1.82) is 0 Å². The van der Waals surface area contributed by atoms with Crippen LogP contribution < -0.4 is 21.3 Å². The molecule has 0 saturated carbocycles. The van der Waals surface area contributed by atoms with E-state index in [1.807, 2.05) is 19.1 Å². The third-order valence-electron chi connectivity index (χ3n) is 4.62. The number of primary amides is 1. The highest BCUT2D eigenvalue weighted by molar-refractivity contribution is 5.80. The number of nitrogens with one attached hydrogen (secondary N) is 2. The van der Waals surface area contributed by atoms with E-state index in [-0.39, 0.29) is 11.8 Å². The molecule has 1 aliphatic heterocycles. The fourth-order valence-electron chi connectivity index (χ4n) is 3.18. The average molecular weight is 377 g/mol. The molecule has 0 bridgehead atoms. The van der Waals surface area contributed by atoms with Gasteiger partial charge in [0.1, 0.15) is 5.82 Å². The number of rotatable bonds is 9. The van der Waals surface area contributed by atoms with Crippen molar-refractivity contribution in [2.75, 3.05) is 44.8 Å². The Balaban J connectivity index is 1.92. The molecule has 1 unspecified atom stereocenters. The average Bonchev–Trinajstić information content (AvgIpc) is 2.70. The van der Waals surface area contributed by atoms with E-state index in [1.165, 1.54) is 0 Å². The van der Waals surface area contributed by atoms with Gasteiger partial charge in [-0.2, -0.15) is 0 Å². The number of aliphatic imine (C=N–C) groups is 1. The summed E-state index contributed by atoms with van der Waals surface area (Å²) in [7, 11) is 1.75. The van der Waals surface area contributed by atoms with Crippen molar-refractivity contribution in [1.82, 2.24) is 15.6 Å². The van der Waals surface area contributed by atoms with Crippen molar-refractivity contribution in [3.05, 3.63) is 23.9 Å². The molecule has 4 N–H and O–H groups in total. The summed E-state index contributed by atoms with van der Waals surface area (Å²) >= 11 is 0. The first-order valence-corrected chi connectivity index (χ1v) is 9.66. The van der Waals surface area contributed by atoms with E-state index in [4.69, 9.17) is 10.5 Å². The number of nitrogens with two attached hydrogens (primary N) is 1. The molecule has 27 heavy (non-hydrogen) atoms. The molecule has 1 aromatic rings. The lowest BCUT2D eigenvalue weighted by molar-refractivity contribution is -0.122. The molecule has 1 aromatic heterocycles. The minimum absolute atomic E-state index is 0.110. The number of ether oxygens (including phenoxy) is 1. The van der Waals surface area contributed by atoms with Crippen LogP contribution >= 0.6 is 0 Å². The number of pyridine rings is 1. The van der Waals surface area contributed by atoms with Crippen LogP contribution in [0.25, 0.3) is 0 Å². The van der Waals surface area contributed by atoms with Crippen molar-refractivity contribution in [2.45, 2.75) is 32.7 Å². The number of nitrogens with zero attached hydrogens (tertiary/aromatic N) is 3. The van der Waals surface area contributed by atoms with E-state index < -0.39 is 0 Å². The summed E-state index contributed by atoms with van der Waals surface area (Å²) in [6, 6.07) is 3.97. The van der Waals surface area contributed by atoms with E-state index >= 15 is 0 Å². The molecule has 2 heterocycles. The molecule has 8 nitrogen and oxygen atoms in total.